The first-order chi connectivity index (χ1) is 10.5. The molecule has 0 atom stereocenters. The molecule has 22 heavy (non-hydrogen) atoms. The van der Waals surface area contributed by atoms with E-state index in [1.807, 2.05) is 0 Å². The molecular weight excluding hydrogens is 306 g/mol. The predicted octanol–water partition coefficient (Wildman–Crippen LogP) is 1.60. The van der Waals surface area contributed by atoms with Crippen molar-refractivity contribution in [2.45, 2.75) is 0 Å². The van der Waals surface area contributed by atoms with Gasteiger partial charge in [0.25, 0.3) is 11.8 Å². The lowest BCUT2D eigenvalue weighted by Crippen LogP contribution is -2.15. The van der Waals surface area contributed by atoms with Gasteiger partial charge in [-0.1, -0.05) is 12.1 Å². The van der Waals surface area contributed by atoms with Crippen molar-refractivity contribution in [1.82, 2.24) is 4.98 Å². The molecular formula is C14H9N3O4S. The van der Waals surface area contributed by atoms with Gasteiger partial charge in [-0.2, -0.15) is 0 Å². The van der Waals surface area contributed by atoms with E-state index in [1.165, 1.54) is 5.38 Å². The van der Waals surface area contributed by atoms with Crippen LogP contribution in [0, 0.1) is 0 Å². The van der Waals surface area contributed by atoms with Crippen LogP contribution in [0.25, 0.3) is 11.0 Å². The van der Waals surface area contributed by atoms with E-state index >= 15 is 0 Å². The average molecular weight is 315 g/mol. The molecule has 7 nitrogen and oxygen atoms in total. The molecule has 2 heterocycles. The number of fused-ring (bicyclic) bond motifs is 1. The molecule has 0 aliphatic rings. The summed E-state index contributed by atoms with van der Waals surface area (Å²) < 4.78 is 5.40. The Kier molecular flexibility index (Phi) is 3.43. The number of carbonyl (C=O) groups excluding carboxylic acids is 2. The highest BCUT2D eigenvalue weighted by atomic mass is 32.1. The number of amides is 2. The number of carbonyl (C=O) groups is 2. The van der Waals surface area contributed by atoms with Crippen LogP contribution in [0.15, 0.2) is 44.9 Å². The van der Waals surface area contributed by atoms with Crippen molar-refractivity contribution in [3.05, 3.63) is 57.4 Å². The second-order valence-electron chi connectivity index (χ2n) is 4.33. The summed E-state index contributed by atoms with van der Waals surface area (Å²) in [6.07, 6.45) is 0. The Balaban J connectivity index is 1.91. The number of anilines is 1. The largest absolute Gasteiger partial charge is 0.451 e. The number of hydrogen-bond acceptors (Lipinski definition) is 6. The molecule has 0 spiro atoms. The number of aromatic nitrogens is 1. The minimum Gasteiger partial charge on any atom is -0.451 e. The smallest absolute Gasteiger partial charge is 0.293 e. The maximum absolute atomic E-state index is 12.1. The normalized spacial score (nSPS) is 10.5. The van der Waals surface area contributed by atoms with E-state index in [9.17, 15) is 14.4 Å². The van der Waals surface area contributed by atoms with Crippen LogP contribution in [0.4, 0.5) is 5.13 Å². The van der Waals surface area contributed by atoms with Crippen LogP contribution in [0.5, 0.6) is 0 Å². The fraction of sp³-hybridized carbons (Fsp3) is 0. The second-order valence-corrected chi connectivity index (χ2v) is 5.19. The number of rotatable bonds is 3. The summed E-state index contributed by atoms with van der Waals surface area (Å²) in [7, 11) is 0. The van der Waals surface area contributed by atoms with E-state index in [-0.39, 0.29) is 22.0 Å². The van der Waals surface area contributed by atoms with Gasteiger partial charge in [0.1, 0.15) is 11.3 Å². The van der Waals surface area contributed by atoms with Crippen LogP contribution in [0.1, 0.15) is 21.0 Å². The summed E-state index contributed by atoms with van der Waals surface area (Å²) in [5.41, 5.74) is 5.14. The Hall–Kier alpha value is -3.00. The zero-order valence-electron chi connectivity index (χ0n) is 11.0. The summed E-state index contributed by atoms with van der Waals surface area (Å²) in [6.45, 7) is 0. The maximum Gasteiger partial charge on any atom is 0.293 e. The third-order valence-electron chi connectivity index (χ3n) is 2.84. The molecule has 0 saturated heterocycles. The molecule has 0 radical (unpaired) electrons. The molecule has 3 aromatic rings. The molecule has 110 valence electrons. The van der Waals surface area contributed by atoms with Crippen molar-refractivity contribution in [2.75, 3.05) is 5.32 Å². The van der Waals surface area contributed by atoms with Gasteiger partial charge in [-0.3, -0.25) is 19.7 Å². The number of nitrogens with one attached hydrogen (secondary N) is 1. The van der Waals surface area contributed by atoms with Gasteiger partial charge in [-0.15, -0.1) is 11.3 Å². The van der Waals surface area contributed by atoms with E-state index in [2.05, 4.69) is 10.3 Å². The number of thiazole rings is 1. The Morgan fingerprint density at radius 2 is 2.05 bits per heavy atom. The van der Waals surface area contributed by atoms with Crippen molar-refractivity contribution < 1.29 is 14.0 Å². The second kappa shape index (κ2) is 5.41. The molecule has 8 heteroatoms. The summed E-state index contributed by atoms with van der Waals surface area (Å²) in [5, 5.41) is 4.46. The maximum atomic E-state index is 12.1. The monoisotopic (exact) mass is 315 g/mol. The van der Waals surface area contributed by atoms with E-state index in [4.69, 9.17) is 10.2 Å². The highest BCUT2D eigenvalue weighted by Gasteiger charge is 2.15. The molecule has 0 aliphatic heterocycles. The van der Waals surface area contributed by atoms with Crippen molar-refractivity contribution in [2.24, 2.45) is 5.73 Å². The highest BCUT2D eigenvalue weighted by molar-refractivity contribution is 7.14. The van der Waals surface area contributed by atoms with Crippen molar-refractivity contribution >= 4 is 39.3 Å². The lowest BCUT2D eigenvalue weighted by Gasteiger charge is -2.02. The topological polar surface area (TPSA) is 115 Å². The summed E-state index contributed by atoms with van der Waals surface area (Å²) >= 11 is 1.05. The highest BCUT2D eigenvalue weighted by Crippen LogP contribution is 2.17. The Morgan fingerprint density at radius 1 is 1.27 bits per heavy atom. The quantitative estimate of drug-likeness (QED) is 0.761. The zero-order chi connectivity index (χ0) is 15.7. The van der Waals surface area contributed by atoms with Crippen LogP contribution in [0.2, 0.25) is 0 Å². The molecule has 2 aromatic heterocycles. The van der Waals surface area contributed by atoms with Gasteiger partial charge in [0.15, 0.2) is 16.3 Å². The van der Waals surface area contributed by atoms with Crippen LogP contribution >= 0.6 is 11.3 Å². The van der Waals surface area contributed by atoms with E-state index in [1.54, 1.807) is 24.3 Å². The first kappa shape index (κ1) is 14.0. The molecule has 3 N–H and O–H groups in total. The average Bonchev–Trinajstić information content (AvgIpc) is 2.96. The SMILES string of the molecule is NC(=O)c1csc(NC(=O)c2cc(=O)c3ccccc3o2)n1. The van der Waals surface area contributed by atoms with Gasteiger partial charge in [0.05, 0.1) is 5.39 Å². The number of primary amides is 1. The van der Waals surface area contributed by atoms with Gasteiger partial charge < -0.3 is 10.2 Å². The lowest BCUT2D eigenvalue weighted by molar-refractivity contribution is 0.0986. The van der Waals surface area contributed by atoms with Gasteiger partial charge in [-0.25, -0.2) is 4.98 Å². The molecule has 0 bridgehead atoms. The first-order valence-electron chi connectivity index (χ1n) is 6.14. The summed E-state index contributed by atoms with van der Waals surface area (Å²) in [6, 6.07) is 7.73. The van der Waals surface area contributed by atoms with Crippen molar-refractivity contribution in [3.8, 4) is 0 Å². The number of para-hydroxylation sites is 1. The van der Waals surface area contributed by atoms with Crippen molar-refractivity contribution in [3.63, 3.8) is 0 Å². The molecule has 0 aliphatic carbocycles. The Labute approximate surface area is 127 Å². The fourth-order valence-electron chi connectivity index (χ4n) is 1.82. The van der Waals surface area contributed by atoms with Gasteiger partial charge >= 0.3 is 0 Å². The van der Waals surface area contributed by atoms with E-state index in [0.717, 1.165) is 17.4 Å². The summed E-state index contributed by atoms with van der Waals surface area (Å²) in [4.78, 5) is 38.8. The van der Waals surface area contributed by atoms with Crippen molar-refractivity contribution in [1.29, 1.82) is 0 Å². The Bertz CT molecular complexity index is 944. The zero-order valence-corrected chi connectivity index (χ0v) is 11.8. The predicted molar refractivity (Wildman–Crippen MR) is 81.1 cm³/mol. The molecule has 1 aromatic carbocycles. The van der Waals surface area contributed by atoms with Crippen LogP contribution in [0.3, 0.4) is 0 Å². The minimum atomic E-state index is -0.686. The molecule has 3 rings (SSSR count). The van der Waals surface area contributed by atoms with E-state index in [0.29, 0.717) is 11.0 Å². The van der Waals surface area contributed by atoms with E-state index < -0.39 is 11.8 Å². The van der Waals surface area contributed by atoms with Gasteiger partial charge in [0, 0.05) is 11.4 Å². The van der Waals surface area contributed by atoms with Crippen LogP contribution in [-0.2, 0) is 0 Å². The third kappa shape index (κ3) is 2.59. The molecule has 0 saturated carbocycles. The van der Waals surface area contributed by atoms with Gasteiger partial charge in [-0.05, 0) is 12.1 Å². The van der Waals surface area contributed by atoms with Gasteiger partial charge in [0.2, 0.25) is 0 Å². The number of nitrogens with two attached hydrogens (primary N) is 1. The minimum absolute atomic E-state index is 0.0558. The van der Waals surface area contributed by atoms with Crippen LogP contribution in [-0.4, -0.2) is 16.8 Å². The van der Waals surface area contributed by atoms with Crippen LogP contribution < -0.4 is 16.5 Å². The molecule has 2 amide bonds. The molecule has 0 unspecified atom stereocenters. The number of benzene rings is 1. The number of nitrogens with zero attached hydrogens (tertiary/aromatic N) is 1. The Morgan fingerprint density at radius 3 is 2.77 bits per heavy atom. The third-order valence-corrected chi connectivity index (χ3v) is 3.59. The first-order valence-corrected chi connectivity index (χ1v) is 7.02. The lowest BCUT2D eigenvalue weighted by atomic mass is 10.2. The summed E-state index contributed by atoms with van der Waals surface area (Å²) in [5.74, 6) is -1.46. The fourth-order valence-corrected chi connectivity index (χ4v) is 2.51. The standard InChI is InChI=1S/C14H9N3O4S/c15-12(19)8-6-22-14(16-8)17-13(20)11-5-9(18)7-3-1-2-4-10(7)21-11/h1-6H,(H2,15,19)(H,16,17,20). The molecule has 0 fully saturated rings. The number of hydrogen-bond donors (Lipinski definition) is 2.